The Hall–Kier alpha value is -3.43. The number of benzene rings is 2. The molecular weight excluding hydrogens is 456 g/mol. The fourth-order valence-electron chi connectivity index (χ4n) is 3.35. The highest BCUT2D eigenvalue weighted by Crippen LogP contribution is 2.25. The first-order valence-electron chi connectivity index (χ1n) is 10.2. The molecule has 166 valence electrons. The van der Waals surface area contributed by atoms with E-state index in [9.17, 15) is 4.79 Å². The van der Waals surface area contributed by atoms with Crippen molar-refractivity contribution in [2.75, 3.05) is 7.11 Å². The topological polar surface area (TPSA) is 83.0 Å². The van der Waals surface area contributed by atoms with Crippen LogP contribution in [0.3, 0.4) is 0 Å². The molecule has 3 heterocycles. The maximum absolute atomic E-state index is 13.2. The normalized spacial score (nSPS) is 11.2. The second-order valence-electron chi connectivity index (χ2n) is 7.44. The van der Waals surface area contributed by atoms with Gasteiger partial charge in [-0.05, 0) is 36.1 Å². The maximum Gasteiger partial charge on any atom is 0.272 e. The molecule has 0 saturated carbocycles. The average molecular weight is 477 g/mol. The molecule has 0 N–H and O–H groups in total. The fraction of sp³-hybridized carbons (Fsp3) is 0.167. The van der Waals surface area contributed by atoms with E-state index >= 15 is 0 Å². The largest absolute Gasteiger partial charge is 0.497 e. The zero-order valence-corrected chi connectivity index (χ0v) is 19.7. The molecule has 3 aromatic heterocycles. The third-order valence-electron chi connectivity index (χ3n) is 5.13. The summed E-state index contributed by atoms with van der Waals surface area (Å²) in [6, 6.07) is 17.5. The molecule has 0 bridgehead atoms. The molecule has 0 aliphatic heterocycles. The minimum absolute atomic E-state index is 0.0563. The molecule has 0 amide bonds. The summed E-state index contributed by atoms with van der Waals surface area (Å²) in [5, 5.41) is 6.59. The summed E-state index contributed by atoms with van der Waals surface area (Å²) in [6.07, 6.45) is 0. The van der Waals surface area contributed by atoms with E-state index in [1.807, 2.05) is 66.9 Å². The van der Waals surface area contributed by atoms with Gasteiger partial charge in [-0.1, -0.05) is 58.9 Å². The first kappa shape index (κ1) is 21.4. The maximum atomic E-state index is 13.2. The van der Waals surface area contributed by atoms with Crippen molar-refractivity contribution in [1.82, 2.24) is 19.7 Å². The number of aryl methyl sites for hydroxylation is 1. The molecule has 0 spiro atoms. The van der Waals surface area contributed by atoms with Crippen LogP contribution in [0.25, 0.3) is 21.6 Å². The van der Waals surface area contributed by atoms with E-state index < -0.39 is 0 Å². The lowest BCUT2D eigenvalue weighted by molar-refractivity contribution is 0.391. The van der Waals surface area contributed by atoms with Crippen molar-refractivity contribution in [2.24, 2.45) is 0 Å². The van der Waals surface area contributed by atoms with Crippen LogP contribution in [0.15, 0.2) is 74.5 Å². The van der Waals surface area contributed by atoms with Crippen LogP contribution in [-0.2, 0) is 12.3 Å². The number of aromatic nitrogens is 4. The Bertz CT molecular complexity index is 1450. The molecule has 0 radical (unpaired) electrons. The van der Waals surface area contributed by atoms with Crippen LogP contribution in [0.1, 0.15) is 17.0 Å². The van der Waals surface area contributed by atoms with Crippen LogP contribution in [0.4, 0.5) is 0 Å². The van der Waals surface area contributed by atoms with Gasteiger partial charge in [-0.2, -0.15) is 4.98 Å². The minimum Gasteiger partial charge on any atom is -0.497 e. The predicted octanol–water partition coefficient (Wildman–Crippen LogP) is 5.17. The zero-order valence-electron chi connectivity index (χ0n) is 18.0. The molecule has 0 aliphatic carbocycles. The molecule has 5 rings (SSSR count). The van der Waals surface area contributed by atoms with Gasteiger partial charge in [-0.3, -0.25) is 9.36 Å². The SMILES string of the molecule is COc1ccc(Cn2c(SCc3nc(-c4ccc(C)cc4)no3)nc3ccsc3c2=O)cc1. The number of rotatable bonds is 7. The Morgan fingerprint density at radius 2 is 1.85 bits per heavy atom. The summed E-state index contributed by atoms with van der Waals surface area (Å²) in [6.45, 7) is 2.44. The molecule has 0 aliphatic rings. The van der Waals surface area contributed by atoms with Crippen molar-refractivity contribution in [3.05, 3.63) is 87.3 Å². The lowest BCUT2D eigenvalue weighted by Crippen LogP contribution is -2.23. The summed E-state index contributed by atoms with van der Waals surface area (Å²) >= 11 is 2.81. The van der Waals surface area contributed by atoms with Gasteiger partial charge in [0.25, 0.3) is 5.56 Å². The third-order valence-corrected chi connectivity index (χ3v) is 6.99. The Morgan fingerprint density at radius 1 is 1.06 bits per heavy atom. The van der Waals surface area contributed by atoms with Gasteiger partial charge < -0.3 is 9.26 Å². The molecule has 0 fully saturated rings. The van der Waals surface area contributed by atoms with Gasteiger partial charge in [-0.15, -0.1) is 11.3 Å². The van der Waals surface area contributed by atoms with Crippen LogP contribution in [-0.4, -0.2) is 26.8 Å². The first-order chi connectivity index (χ1) is 16.1. The van der Waals surface area contributed by atoms with Gasteiger partial charge in [0.05, 0.1) is 24.9 Å². The number of methoxy groups -OCH3 is 1. The first-order valence-corrected chi connectivity index (χ1v) is 12.1. The summed E-state index contributed by atoms with van der Waals surface area (Å²) in [5.74, 6) is 2.20. The number of fused-ring (bicyclic) bond motifs is 1. The van der Waals surface area contributed by atoms with E-state index in [4.69, 9.17) is 14.2 Å². The van der Waals surface area contributed by atoms with Gasteiger partial charge in [-0.25, -0.2) is 4.98 Å². The molecule has 5 aromatic rings. The lowest BCUT2D eigenvalue weighted by atomic mass is 10.1. The minimum atomic E-state index is -0.0563. The van der Waals surface area contributed by atoms with Crippen molar-refractivity contribution in [2.45, 2.75) is 24.4 Å². The lowest BCUT2D eigenvalue weighted by Gasteiger charge is -2.12. The van der Waals surface area contributed by atoms with Gasteiger partial charge in [0.1, 0.15) is 10.4 Å². The van der Waals surface area contributed by atoms with E-state index in [2.05, 4.69) is 10.1 Å². The van der Waals surface area contributed by atoms with Gasteiger partial charge in [0.2, 0.25) is 11.7 Å². The van der Waals surface area contributed by atoms with Crippen LogP contribution < -0.4 is 10.3 Å². The van der Waals surface area contributed by atoms with Crippen LogP contribution >= 0.6 is 23.1 Å². The highest BCUT2D eigenvalue weighted by molar-refractivity contribution is 7.98. The summed E-state index contributed by atoms with van der Waals surface area (Å²) in [7, 11) is 1.63. The van der Waals surface area contributed by atoms with E-state index in [1.54, 1.807) is 11.7 Å². The summed E-state index contributed by atoms with van der Waals surface area (Å²) in [5.41, 5.74) is 3.69. The van der Waals surface area contributed by atoms with Gasteiger partial charge in [0, 0.05) is 5.56 Å². The molecule has 2 aromatic carbocycles. The zero-order chi connectivity index (χ0) is 22.8. The van der Waals surface area contributed by atoms with E-state index in [0.717, 1.165) is 16.9 Å². The van der Waals surface area contributed by atoms with Gasteiger partial charge in [0.15, 0.2) is 5.16 Å². The second kappa shape index (κ2) is 9.21. The predicted molar refractivity (Wildman–Crippen MR) is 130 cm³/mol. The summed E-state index contributed by atoms with van der Waals surface area (Å²) < 4.78 is 13.0. The average Bonchev–Trinajstić information content (AvgIpc) is 3.50. The molecule has 0 unspecified atom stereocenters. The Labute approximate surface area is 198 Å². The standard InChI is InChI=1S/C24H20N4O3S2/c1-15-3-7-17(8-4-15)22-26-20(31-27-22)14-33-24-25-19-11-12-32-21(19)23(29)28(24)13-16-5-9-18(30-2)10-6-16/h3-12H,13-14H2,1-2H3. The number of hydrogen-bond acceptors (Lipinski definition) is 8. The Kier molecular flexibility index (Phi) is 5.97. The molecule has 33 heavy (non-hydrogen) atoms. The highest BCUT2D eigenvalue weighted by Gasteiger charge is 2.16. The van der Waals surface area contributed by atoms with Crippen molar-refractivity contribution >= 4 is 33.3 Å². The van der Waals surface area contributed by atoms with Crippen LogP contribution in [0.2, 0.25) is 0 Å². The van der Waals surface area contributed by atoms with Crippen molar-refractivity contribution in [3.8, 4) is 17.1 Å². The van der Waals surface area contributed by atoms with Gasteiger partial charge >= 0.3 is 0 Å². The number of thioether (sulfide) groups is 1. The Balaban J connectivity index is 1.42. The highest BCUT2D eigenvalue weighted by atomic mass is 32.2. The smallest absolute Gasteiger partial charge is 0.272 e. The van der Waals surface area contributed by atoms with E-state index in [-0.39, 0.29) is 5.56 Å². The number of thiophene rings is 1. The van der Waals surface area contributed by atoms with Crippen LogP contribution in [0.5, 0.6) is 5.75 Å². The van der Waals surface area contributed by atoms with Crippen molar-refractivity contribution in [1.29, 1.82) is 0 Å². The quantitative estimate of drug-likeness (QED) is 0.237. The molecular formula is C24H20N4O3S2. The molecule has 9 heteroatoms. The van der Waals surface area contributed by atoms with Crippen molar-refractivity contribution in [3.63, 3.8) is 0 Å². The third kappa shape index (κ3) is 4.55. The van der Waals surface area contributed by atoms with Crippen molar-refractivity contribution < 1.29 is 9.26 Å². The van der Waals surface area contributed by atoms with Crippen LogP contribution in [0, 0.1) is 6.92 Å². The number of ether oxygens (including phenoxy) is 1. The molecule has 7 nitrogen and oxygen atoms in total. The second-order valence-corrected chi connectivity index (χ2v) is 9.29. The Morgan fingerprint density at radius 3 is 2.61 bits per heavy atom. The monoisotopic (exact) mass is 476 g/mol. The summed E-state index contributed by atoms with van der Waals surface area (Å²) in [4.78, 5) is 22.5. The number of nitrogens with zero attached hydrogens (tertiary/aromatic N) is 4. The number of hydrogen-bond donors (Lipinski definition) is 0. The molecule has 0 atom stereocenters. The van der Waals surface area contributed by atoms with E-state index in [1.165, 1.54) is 28.7 Å². The molecule has 0 saturated heterocycles. The van der Waals surface area contributed by atoms with E-state index in [0.29, 0.717) is 39.4 Å². The fourth-order valence-corrected chi connectivity index (χ4v) is 4.96.